The summed E-state index contributed by atoms with van der Waals surface area (Å²) in [5, 5.41) is 12.6. The monoisotopic (exact) mass is 364 g/mol. The normalized spacial score (nSPS) is 11.0. The van der Waals surface area contributed by atoms with Gasteiger partial charge in [0.05, 0.1) is 5.75 Å². The molecule has 2 heterocycles. The van der Waals surface area contributed by atoms with E-state index in [9.17, 15) is 0 Å². The van der Waals surface area contributed by atoms with E-state index < -0.39 is 0 Å². The van der Waals surface area contributed by atoms with Crippen LogP contribution in [0.5, 0.6) is 0 Å². The summed E-state index contributed by atoms with van der Waals surface area (Å²) in [5.41, 5.74) is 3.10. The Morgan fingerprint density at radius 3 is 2.50 bits per heavy atom. The molecule has 130 valence electrons. The Hall–Kier alpha value is -2.93. The van der Waals surface area contributed by atoms with Crippen molar-refractivity contribution in [3.05, 3.63) is 66.1 Å². The summed E-state index contributed by atoms with van der Waals surface area (Å²) in [6.45, 7) is 2.12. The minimum absolute atomic E-state index is 0.468. The van der Waals surface area contributed by atoms with Crippen LogP contribution in [0.1, 0.15) is 18.4 Å². The summed E-state index contributed by atoms with van der Waals surface area (Å²) in [5.74, 6) is 2.06. The van der Waals surface area contributed by atoms with Crippen LogP contribution < -0.4 is 0 Å². The maximum atomic E-state index is 5.66. The lowest BCUT2D eigenvalue weighted by Gasteiger charge is -1.97. The number of thioether (sulfide) groups is 1. The fourth-order valence-corrected chi connectivity index (χ4v) is 3.01. The molecule has 7 heteroatoms. The fourth-order valence-electron chi connectivity index (χ4n) is 2.41. The number of aryl methyl sites for hydroxylation is 1. The number of hydrogen-bond donors (Lipinski definition) is 0. The van der Waals surface area contributed by atoms with Crippen LogP contribution >= 0.6 is 11.8 Å². The molecule has 0 N–H and O–H groups in total. The first-order valence-electron chi connectivity index (χ1n) is 8.25. The van der Waals surface area contributed by atoms with E-state index in [1.807, 2.05) is 42.5 Å². The molecule has 0 amide bonds. The van der Waals surface area contributed by atoms with E-state index in [1.165, 1.54) is 17.3 Å². The second-order valence-corrected chi connectivity index (χ2v) is 6.52. The molecule has 0 fully saturated rings. The second kappa shape index (κ2) is 7.53. The van der Waals surface area contributed by atoms with Gasteiger partial charge in [-0.15, -0.1) is 10.2 Å². The molecule has 2 aromatic carbocycles. The Kier molecular flexibility index (Phi) is 4.79. The summed E-state index contributed by atoms with van der Waals surface area (Å²) >= 11 is 1.37. The zero-order valence-electron chi connectivity index (χ0n) is 14.1. The summed E-state index contributed by atoms with van der Waals surface area (Å²) in [6, 6.07) is 17.8. The van der Waals surface area contributed by atoms with E-state index in [1.54, 1.807) is 0 Å². The highest BCUT2D eigenvalue weighted by molar-refractivity contribution is 7.98. The minimum atomic E-state index is 0.468. The van der Waals surface area contributed by atoms with Crippen molar-refractivity contribution in [2.75, 3.05) is 0 Å². The molecule has 26 heavy (non-hydrogen) atoms. The molecule has 0 radical (unpaired) electrons. The number of aromatic nitrogens is 4. The fraction of sp³-hybridized carbons (Fsp3) is 0.158. The predicted octanol–water partition coefficient (Wildman–Crippen LogP) is 4.64. The SMILES string of the molecule is CCc1ccc(-c2noc(CSc3nnc(-c4ccccc4)o3)n2)cc1. The molecule has 0 aliphatic heterocycles. The Morgan fingerprint density at radius 2 is 1.73 bits per heavy atom. The standard InChI is InChI=1S/C19H16N4O2S/c1-2-13-8-10-14(11-9-13)17-20-16(25-23-17)12-26-19-22-21-18(24-19)15-6-4-3-5-7-15/h3-11H,2,12H2,1H3. The highest BCUT2D eigenvalue weighted by Crippen LogP contribution is 2.26. The molecule has 0 atom stereocenters. The largest absolute Gasteiger partial charge is 0.411 e. The first-order valence-corrected chi connectivity index (χ1v) is 9.24. The topological polar surface area (TPSA) is 77.8 Å². The average molecular weight is 364 g/mol. The summed E-state index contributed by atoms with van der Waals surface area (Å²) in [7, 11) is 0. The van der Waals surface area contributed by atoms with Gasteiger partial charge in [0.1, 0.15) is 0 Å². The van der Waals surface area contributed by atoms with Crippen molar-refractivity contribution in [3.63, 3.8) is 0 Å². The summed E-state index contributed by atoms with van der Waals surface area (Å²) in [6.07, 6.45) is 1.00. The van der Waals surface area contributed by atoms with Gasteiger partial charge in [0, 0.05) is 11.1 Å². The Morgan fingerprint density at radius 1 is 0.923 bits per heavy atom. The number of benzene rings is 2. The van der Waals surface area contributed by atoms with E-state index in [0.717, 1.165) is 17.5 Å². The van der Waals surface area contributed by atoms with Gasteiger partial charge in [-0.2, -0.15) is 4.98 Å². The van der Waals surface area contributed by atoms with Crippen LogP contribution in [0.2, 0.25) is 0 Å². The first-order chi connectivity index (χ1) is 12.8. The van der Waals surface area contributed by atoms with E-state index in [2.05, 4.69) is 39.4 Å². The Bertz CT molecular complexity index is 980. The van der Waals surface area contributed by atoms with E-state index in [-0.39, 0.29) is 0 Å². The van der Waals surface area contributed by atoms with Crippen LogP contribution in [0.25, 0.3) is 22.8 Å². The van der Waals surface area contributed by atoms with Gasteiger partial charge < -0.3 is 8.94 Å². The molecule has 0 saturated carbocycles. The maximum Gasteiger partial charge on any atom is 0.277 e. The van der Waals surface area contributed by atoms with Crippen LogP contribution in [0.4, 0.5) is 0 Å². The van der Waals surface area contributed by atoms with Gasteiger partial charge >= 0.3 is 0 Å². The molecule has 0 bridgehead atoms. The van der Waals surface area contributed by atoms with E-state index >= 15 is 0 Å². The third-order valence-electron chi connectivity index (χ3n) is 3.83. The van der Waals surface area contributed by atoms with Crippen molar-refractivity contribution in [3.8, 4) is 22.8 Å². The lowest BCUT2D eigenvalue weighted by Crippen LogP contribution is -1.84. The van der Waals surface area contributed by atoms with Crippen LogP contribution in [0.15, 0.2) is 68.8 Å². The van der Waals surface area contributed by atoms with E-state index in [0.29, 0.717) is 28.6 Å². The van der Waals surface area contributed by atoms with Gasteiger partial charge in [0.15, 0.2) is 0 Å². The van der Waals surface area contributed by atoms with Crippen molar-refractivity contribution in [1.29, 1.82) is 0 Å². The number of nitrogens with zero attached hydrogens (tertiary/aromatic N) is 4. The molecule has 0 saturated heterocycles. The zero-order valence-corrected chi connectivity index (χ0v) is 14.9. The average Bonchev–Trinajstić information content (AvgIpc) is 3.37. The second-order valence-electron chi connectivity index (χ2n) is 5.59. The van der Waals surface area contributed by atoms with Crippen LogP contribution in [0, 0.1) is 0 Å². The van der Waals surface area contributed by atoms with Crippen molar-refractivity contribution in [2.24, 2.45) is 0 Å². The Labute approximate surface area is 154 Å². The summed E-state index contributed by atoms with van der Waals surface area (Å²) < 4.78 is 11.0. The van der Waals surface area contributed by atoms with Gasteiger partial charge in [-0.25, -0.2) is 0 Å². The van der Waals surface area contributed by atoms with Crippen molar-refractivity contribution < 1.29 is 8.94 Å². The molecule has 6 nitrogen and oxygen atoms in total. The maximum absolute atomic E-state index is 5.66. The van der Waals surface area contributed by atoms with E-state index in [4.69, 9.17) is 8.94 Å². The first kappa shape index (κ1) is 16.5. The lowest BCUT2D eigenvalue weighted by atomic mass is 10.1. The molecule has 0 aliphatic rings. The zero-order chi connectivity index (χ0) is 17.8. The van der Waals surface area contributed by atoms with Gasteiger partial charge in [-0.1, -0.05) is 66.3 Å². The predicted molar refractivity (Wildman–Crippen MR) is 98.4 cm³/mol. The van der Waals surface area contributed by atoms with Crippen molar-refractivity contribution in [2.45, 2.75) is 24.3 Å². The number of hydrogen-bond acceptors (Lipinski definition) is 7. The molecule has 0 spiro atoms. The molecule has 4 aromatic rings. The molecule has 2 aromatic heterocycles. The van der Waals surface area contributed by atoms with Gasteiger partial charge in [0.2, 0.25) is 17.6 Å². The highest BCUT2D eigenvalue weighted by atomic mass is 32.2. The molecule has 0 aliphatic carbocycles. The quantitative estimate of drug-likeness (QED) is 0.461. The third kappa shape index (κ3) is 3.67. The van der Waals surface area contributed by atoms with Gasteiger partial charge in [-0.05, 0) is 24.1 Å². The minimum Gasteiger partial charge on any atom is -0.411 e. The Balaban J connectivity index is 1.41. The van der Waals surface area contributed by atoms with Crippen LogP contribution in [0.3, 0.4) is 0 Å². The van der Waals surface area contributed by atoms with Gasteiger partial charge in [0.25, 0.3) is 5.22 Å². The van der Waals surface area contributed by atoms with Crippen LogP contribution in [-0.2, 0) is 12.2 Å². The molecule has 0 unspecified atom stereocenters. The smallest absolute Gasteiger partial charge is 0.277 e. The molecule has 4 rings (SSSR count). The lowest BCUT2D eigenvalue weighted by molar-refractivity contribution is 0.391. The highest BCUT2D eigenvalue weighted by Gasteiger charge is 2.13. The van der Waals surface area contributed by atoms with Crippen LogP contribution in [-0.4, -0.2) is 20.3 Å². The molecular weight excluding hydrogens is 348 g/mol. The third-order valence-corrected chi connectivity index (χ3v) is 4.64. The molecular formula is C19H16N4O2S. The van der Waals surface area contributed by atoms with Gasteiger partial charge in [-0.3, -0.25) is 0 Å². The van der Waals surface area contributed by atoms with Crippen molar-refractivity contribution >= 4 is 11.8 Å². The van der Waals surface area contributed by atoms with Crippen molar-refractivity contribution in [1.82, 2.24) is 20.3 Å². The summed E-state index contributed by atoms with van der Waals surface area (Å²) in [4.78, 5) is 4.43. The number of rotatable bonds is 6.